The summed E-state index contributed by atoms with van der Waals surface area (Å²) >= 11 is 0. The Morgan fingerprint density at radius 1 is 1.79 bits per heavy atom. The summed E-state index contributed by atoms with van der Waals surface area (Å²) in [7, 11) is 1.74. The lowest BCUT2D eigenvalue weighted by Crippen LogP contribution is -2.48. The van der Waals surface area contributed by atoms with E-state index in [0.717, 1.165) is 13.1 Å². The van der Waals surface area contributed by atoms with Crippen molar-refractivity contribution >= 4 is 5.91 Å². The molecule has 0 atom stereocenters. The summed E-state index contributed by atoms with van der Waals surface area (Å²) in [6.45, 7) is 2.68. The molecule has 1 amide bonds. The minimum Gasteiger partial charge on any atom is -0.350 e. The van der Waals surface area contributed by atoms with E-state index in [4.69, 9.17) is 0 Å². The molecule has 0 aliphatic carbocycles. The van der Waals surface area contributed by atoms with Crippen LogP contribution >= 0.6 is 0 Å². The second-order valence-corrected chi connectivity index (χ2v) is 3.51. The van der Waals surface area contributed by atoms with Crippen molar-refractivity contribution in [1.29, 1.82) is 0 Å². The van der Waals surface area contributed by atoms with Gasteiger partial charge in [-0.15, -0.1) is 5.10 Å². The zero-order valence-corrected chi connectivity index (χ0v) is 8.03. The highest BCUT2D eigenvalue weighted by Crippen LogP contribution is 2.00. The number of hydrogen-bond donors (Lipinski definition) is 2. The molecule has 76 valence electrons. The van der Waals surface area contributed by atoms with Gasteiger partial charge in [-0.3, -0.25) is 9.48 Å². The summed E-state index contributed by atoms with van der Waals surface area (Å²) in [5, 5.41) is 13.4. The highest BCUT2D eigenvalue weighted by atomic mass is 16.2. The predicted octanol–water partition coefficient (Wildman–Crippen LogP) is -1.24. The fourth-order valence-electron chi connectivity index (χ4n) is 1.27. The van der Waals surface area contributed by atoms with Crippen molar-refractivity contribution in [3.05, 3.63) is 11.9 Å². The number of nitrogens with zero attached hydrogens (tertiary/aromatic N) is 3. The van der Waals surface area contributed by atoms with Gasteiger partial charge in [-0.1, -0.05) is 5.21 Å². The van der Waals surface area contributed by atoms with Crippen LogP contribution in [0, 0.1) is 5.92 Å². The number of aryl methyl sites for hydroxylation is 1. The van der Waals surface area contributed by atoms with Gasteiger partial charge >= 0.3 is 0 Å². The molecule has 0 bridgehead atoms. The molecule has 0 spiro atoms. The molecule has 0 unspecified atom stereocenters. The molecule has 1 aromatic heterocycles. The van der Waals surface area contributed by atoms with Crippen molar-refractivity contribution in [2.75, 3.05) is 19.6 Å². The highest BCUT2D eigenvalue weighted by molar-refractivity contribution is 5.91. The van der Waals surface area contributed by atoms with Crippen LogP contribution in [-0.2, 0) is 7.05 Å². The van der Waals surface area contributed by atoms with E-state index in [2.05, 4.69) is 20.9 Å². The maximum Gasteiger partial charge on any atom is 0.273 e. The lowest BCUT2D eigenvalue weighted by Gasteiger charge is -2.26. The van der Waals surface area contributed by atoms with Crippen molar-refractivity contribution in [3.8, 4) is 0 Å². The van der Waals surface area contributed by atoms with Gasteiger partial charge < -0.3 is 10.6 Å². The average Bonchev–Trinajstić information content (AvgIpc) is 2.49. The van der Waals surface area contributed by atoms with Gasteiger partial charge in [0.1, 0.15) is 0 Å². The quantitative estimate of drug-likeness (QED) is 0.633. The van der Waals surface area contributed by atoms with Crippen LogP contribution in [0.3, 0.4) is 0 Å². The van der Waals surface area contributed by atoms with Crippen LogP contribution < -0.4 is 10.6 Å². The molecule has 0 aromatic carbocycles. The maximum atomic E-state index is 11.5. The van der Waals surface area contributed by atoms with Crippen molar-refractivity contribution < 1.29 is 4.79 Å². The molecule has 6 heteroatoms. The van der Waals surface area contributed by atoms with Gasteiger partial charge in [0.2, 0.25) is 0 Å². The molecular formula is C8H13N5O. The van der Waals surface area contributed by atoms with Gasteiger partial charge in [-0.05, 0) is 0 Å². The Morgan fingerprint density at radius 3 is 3.07 bits per heavy atom. The molecule has 0 saturated carbocycles. The van der Waals surface area contributed by atoms with E-state index >= 15 is 0 Å². The SMILES string of the molecule is Cn1cc(C(=O)NCC2CNC2)nn1. The smallest absolute Gasteiger partial charge is 0.273 e. The summed E-state index contributed by atoms with van der Waals surface area (Å²) in [6.07, 6.45) is 1.61. The summed E-state index contributed by atoms with van der Waals surface area (Å²) in [5.74, 6) is 0.417. The monoisotopic (exact) mass is 195 g/mol. The highest BCUT2D eigenvalue weighted by Gasteiger charge is 2.18. The number of hydrogen-bond acceptors (Lipinski definition) is 4. The van der Waals surface area contributed by atoms with E-state index < -0.39 is 0 Å². The first-order valence-corrected chi connectivity index (χ1v) is 4.61. The molecule has 2 heterocycles. The van der Waals surface area contributed by atoms with E-state index in [0.29, 0.717) is 18.2 Å². The Kier molecular flexibility index (Phi) is 2.45. The van der Waals surface area contributed by atoms with Gasteiger partial charge in [-0.25, -0.2) is 0 Å². The molecule has 1 saturated heterocycles. The van der Waals surface area contributed by atoms with E-state index in [9.17, 15) is 4.79 Å². The Bertz CT molecular complexity index is 330. The zero-order chi connectivity index (χ0) is 9.97. The fourth-order valence-corrected chi connectivity index (χ4v) is 1.27. The minimum atomic E-state index is -0.148. The molecule has 2 rings (SSSR count). The van der Waals surface area contributed by atoms with Crippen LogP contribution in [0.2, 0.25) is 0 Å². The third-order valence-electron chi connectivity index (χ3n) is 2.25. The molecule has 1 aliphatic heterocycles. The second kappa shape index (κ2) is 3.75. The second-order valence-electron chi connectivity index (χ2n) is 3.51. The topological polar surface area (TPSA) is 71.8 Å². The number of rotatable bonds is 3. The van der Waals surface area contributed by atoms with Gasteiger partial charge in [-0.2, -0.15) is 0 Å². The van der Waals surface area contributed by atoms with E-state index in [1.807, 2.05) is 0 Å². The normalized spacial score (nSPS) is 16.4. The number of amides is 1. The fraction of sp³-hybridized carbons (Fsp3) is 0.625. The van der Waals surface area contributed by atoms with Crippen LogP contribution in [0.5, 0.6) is 0 Å². The Morgan fingerprint density at radius 2 is 2.57 bits per heavy atom. The predicted molar refractivity (Wildman–Crippen MR) is 49.7 cm³/mol. The van der Waals surface area contributed by atoms with Gasteiger partial charge in [0, 0.05) is 32.6 Å². The molecule has 6 nitrogen and oxygen atoms in total. The maximum absolute atomic E-state index is 11.5. The number of carbonyl (C=O) groups excluding carboxylic acids is 1. The van der Waals surface area contributed by atoms with Crippen LogP contribution in [0.25, 0.3) is 0 Å². The summed E-state index contributed by atoms with van der Waals surface area (Å²) < 4.78 is 1.51. The Labute approximate surface area is 81.7 Å². The molecule has 1 fully saturated rings. The first-order valence-electron chi connectivity index (χ1n) is 4.61. The van der Waals surface area contributed by atoms with Crippen molar-refractivity contribution in [2.45, 2.75) is 0 Å². The van der Waals surface area contributed by atoms with Crippen molar-refractivity contribution in [2.24, 2.45) is 13.0 Å². The largest absolute Gasteiger partial charge is 0.350 e. The van der Waals surface area contributed by atoms with E-state index in [-0.39, 0.29) is 5.91 Å². The standard InChI is InChI=1S/C8H13N5O/c1-13-5-7(11-12-13)8(14)10-4-6-2-9-3-6/h5-6,9H,2-4H2,1H3,(H,10,14). The summed E-state index contributed by atoms with van der Waals surface area (Å²) in [4.78, 5) is 11.5. The summed E-state index contributed by atoms with van der Waals surface area (Å²) in [5.41, 5.74) is 0.375. The van der Waals surface area contributed by atoms with E-state index in [1.54, 1.807) is 13.2 Å². The van der Waals surface area contributed by atoms with Crippen LogP contribution in [-0.4, -0.2) is 40.5 Å². The lowest BCUT2D eigenvalue weighted by atomic mass is 10.0. The molecule has 0 radical (unpaired) electrons. The number of aromatic nitrogens is 3. The van der Waals surface area contributed by atoms with E-state index in [1.165, 1.54) is 4.68 Å². The molecule has 14 heavy (non-hydrogen) atoms. The summed E-state index contributed by atoms with van der Waals surface area (Å²) in [6, 6.07) is 0. The molecule has 1 aliphatic rings. The Balaban J connectivity index is 1.82. The zero-order valence-electron chi connectivity index (χ0n) is 8.03. The average molecular weight is 195 g/mol. The van der Waals surface area contributed by atoms with Crippen molar-refractivity contribution in [3.63, 3.8) is 0 Å². The third kappa shape index (κ3) is 1.90. The molecule has 1 aromatic rings. The third-order valence-corrected chi connectivity index (χ3v) is 2.25. The number of carbonyl (C=O) groups is 1. The lowest BCUT2D eigenvalue weighted by molar-refractivity contribution is 0.0937. The van der Waals surface area contributed by atoms with Gasteiger partial charge in [0.05, 0.1) is 6.20 Å². The Hall–Kier alpha value is -1.43. The number of nitrogens with one attached hydrogen (secondary N) is 2. The first-order chi connectivity index (χ1) is 6.75. The van der Waals surface area contributed by atoms with Crippen molar-refractivity contribution in [1.82, 2.24) is 25.6 Å². The molecular weight excluding hydrogens is 182 g/mol. The van der Waals surface area contributed by atoms with Gasteiger partial charge in [0.25, 0.3) is 5.91 Å². The minimum absolute atomic E-state index is 0.148. The van der Waals surface area contributed by atoms with Crippen LogP contribution in [0.4, 0.5) is 0 Å². The first kappa shape index (κ1) is 9.14. The van der Waals surface area contributed by atoms with Crippen LogP contribution in [0.15, 0.2) is 6.20 Å². The molecule has 2 N–H and O–H groups in total. The van der Waals surface area contributed by atoms with Gasteiger partial charge in [0.15, 0.2) is 5.69 Å². The van der Waals surface area contributed by atoms with Crippen LogP contribution in [0.1, 0.15) is 10.5 Å².